The Hall–Kier alpha value is -4.19. The number of amides is 2. The molecule has 2 amide bonds. The molecule has 4 rings (SSSR count). The molecule has 1 aliphatic rings. The number of anilines is 2. The van der Waals surface area contributed by atoms with E-state index in [0.29, 0.717) is 37.5 Å². The van der Waals surface area contributed by atoms with Gasteiger partial charge in [-0.3, -0.25) is 9.59 Å². The molecule has 3 aromatic rings. The second-order valence-electron chi connectivity index (χ2n) is 9.57. The fourth-order valence-electron chi connectivity index (χ4n) is 3.81. The van der Waals surface area contributed by atoms with E-state index in [9.17, 15) is 19.2 Å². The highest BCUT2D eigenvalue weighted by atomic mass is 35.5. The van der Waals surface area contributed by atoms with Gasteiger partial charge in [0.05, 0.1) is 18.4 Å². The number of esters is 1. The van der Waals surface area contributed by atoms with Crippen LogP contribution in [0.1, 0.15) is 41.5 Å². The van der Waals surface area contributed by atoms with Gasteiger partial charge in [-0.05, 0) is 45.0 Å². The number of pyridine rings is 1. The summed E-state index contributed by atoms with van der Waals surface area (Å²) in [5.41, 5.74) is -0.843. The van der Waals surface area contributed by atoms with E-state index in [0.717, 1.165) is 4.42 Å². The molecule has 1 aliphatic heterocycles. The largest absolute Gasteiger partial charge is 0.465 e. The Kier molecular flexibility index (Phi) is 7.53. The lowest BCUT2D eigenvalue weighted by atomic mass is 10.1. The first kappa shape index (κ1) is 26.9. The molecule has 3 heterocycles. The number of aromatic amines is 1. The number of benzene rings is 1. The summed E-state index contributed by atoms with van der Waals surface area (Å²) in [4.78, 5) is 64.9. The number of ether oxygens (including phenoxy) is 2. The lowest BCUT2D eigenvalue weighted by Gasteiger charge is -2.35. The molecule has 1 saturated heterocycles. The van der Waals surface area contributed by atoms with Gasteiger partial charge in [0, 0.05) is 49.5 Å². The van der Waals surface area contributed by atoms with Crippen LogP contribution in [-0.4, -0.2) is 76.7 Å². The number of hydrogen-bond acceptors (Lipinski definition) is 9. The van der Waals surface area contributed by atoms with Crippen molar-refractivity contribution in [1.29, 1.82) is 0 Å². The maximum Gasteiger partial charge on any atom is 0.410 e. The fourth-order valence-corrected chi connectivity index (χ4v) is 4.00. The molecule has 200 valence electrons. The summed E-state index contributed by atoms with van der Waals surface area (Å²) in [7, 11) is 1.24. The van der Waals surface area contributed by atoms with Crippen LogP contribution < -0.4 is 14.9 Å². The second-order valence-corrected chi connectivity index (χ2v) is 9.91. The average Bonchev–Trinajstić information content (AvgIpc) is 2.90. The maximum atomic E-state index is 13.0. The minimum atomic E-state index is -0.792. The summed E-state index contributed by atoms with van der Waals surface area (Å²) < 4.78 is 10.9. The fraction of sp³-hybridized carbons (Fsp3) is 0.360. The molecule has 0 radical (unpaired) electrons. The number of carbonyl (C=O) groups excluding carboxylic acids is 3. The van der Waals surface area contributed by atoms with E-state index in [-0.39, 0.29) is 28.6 Å². The Morgan fingerprint density at radius 3 is 2.47 bits per heavy atom. The molecule has 13 heteroatoms. The van der Waals surface area contributed by atoms with Gasteiger partial charge in [-0.25, -0.2) is 19.0 Å². The minimum Gasteiger partial charge on any atom is -0.465 e. The highest BCUT2D eigenvalue weighted by Gasteiger charge is 2.27. The molecular weight excluding hydrogens is 516 g/mol. The number of methoxy groups -OCH3 is 1. The van der Waals surface area contributed by atoms with Gasteiger partial charge in [-0.15, -0.1) is 0 Å². The van der Waals surface area contributed by atoms with Crippen molar-refractivity contribution >= 4 is 52.4 Å². The highest BCUT2D eigenvalue weighted by Crippen LogP contribution is 2.22. The molecule has 2 aromatic heterocycles. The van der Waals surface area contributed by atoms with Crippen molar-refractivity contribution in [2.45, 2.75) is 26.4 Å². The Morgan fingerprint density at radius 1 is 1.11 bits per heavy atom. The molecule has 12 nitrogen and oxygen atoms in total. The van der Waals surface area contributed by atoms with Crippen LogP contribution in [0.2, 0.25) is 0 Å². The number of halogens is 1. The molecule has 1 N–H and O–H groups in total. The number of carbonyl (C=O) groups is 3. The van der Waals surface area contributed by atoms with Crippen LogP contribution in [-0.2, 0) is 9.47 Å². The van der Waals surface area contributed by atoms with Crippen LogP contribution in [0.5, 0.6) is 0 Å². The molecule has 0 atom stereocenters. The molecule has 0 spiro atoms. The lowest BCUT2D eigenvalue weighted by molar-refractivity contribution is 0.0239. The lowest BCUT2D eigenvalue weighted by Crippen LogP contribution is -2.50. The topological polar surface area (TPSA) is 138 Å². The number of H-pyrrole nitrogens is 1. The third-order valence-electron chi connectivity index (χ3n) is 5.70. The summed E-state index contributed by atoms with van der Waals surface area (Å²) in [5.74, 6) is -0.999. The molecular formula is C25H27ClN6O6. The van der Waals surface area contributed by atoms with Crippen molar-refractivity contribution < 1.29 is 23.9 Å². The number of hydrogen-bond donors (Lipinski definition) is 1. The maximum absolute atomic E-state index is 13.0. The van der Waals surface area contributed by atoms with E-state index in [2.05, 4.69) is 19.7 Å². The first-order valence-electron chi connectivity index (χ1n) is 11.8. The monoisotopic (exact) mass is 542 g/mol. The molecule has 0 unspecified atom stereocenters. The van der Waals surface area contributed by atoms with Crippen molar-refractivity contribution in [2.75, 3.05) is 42.6 Å². The van der Waals surface area contributed by atoms with E-state index in [4.69, 9.17) is 16.5 Å². The normalized spacial score (nSPS) is 13.8. The number of aromatic nitrogens is 3. The van der Waals surface area contributed by atoms with Crippen molar-refractivity contribution in [3.8, 4) is 0 Å². The number of nitrogens with zero attached hydrogens (tertiary/aromatic N) is 5. The van der Waals surface area contributed by atoms with Gasteiger partial charge >= 0.3 is 12.1 Å². The number of rotatable bonds is 4. The van der Waals surface area contributed by atoms with Crippen molar-refractivity contribution in [3.05, 3.63) is 58.0 Å². The van der Waals surface area contributed by atoms with Crippen LogP contribution in [0.15, 0.2) is 41.3 Å². The average molecular weight is 543 g/mol. The number of fused-ring (bicyclic) bond motifs is 1. The van der Waals surface area contributed by atoms with Crippen LogP contribution in [0, 0.1) is 0 Å². The van der Waals surface area contributed by atoms with Crippen LogP contribution in [0.3, 0.4) is 0 Å². The van der Waals surface area contributed by atoms with Crippen molar-refractivity contribution in [2.24, 2.45) is 0 Å². The zero-order valence-corrected chi connectivity index (χ0v) is 22.1. The first-order chi connectivity index (χ1) is 18.0. The second kappa shape index (κ2) is 10.7. The van der Waals surface area contributed by atoms with Crippen molar-refractivity contribution in [1.82, 2.24) is 19.9 Å². The molecule has 0 saturated carbocycles. The van der Waals surface area contributed by atoms with Crippen LogP contribution >= 0.6 is 11.8 Å². The third-order valence-corrected chi connectivity index (χ3v) is 6.05. The van der Waals surface area contributed by atoms with E-state index in [1.54, 1.807) is 4.90 Å². The van der Waals surface area contributed by atoms with Crippen LogP contribution in [0.4, 0.5) is 16.4 Å². The molecule has 0 aliphatic carbocycles. The van der Waals surface area contributed by atoms with Gasteiger partial charge in [-0.1, -0.05) is 6.07 Å². The van der Waals surface area contributed by atoms with Crippen LogP contribution in [0.25, 0.3) is 11.0 Å². The molecule has 38 heavy (non-hydrogen) atoms. The van der Waals surface area contributed by atoms with Gasteiger partial charge in [-0.2, -0.15) is 4.98 Å². The van der Waals surface area contributed by atoms with Gasteiger partial charge in [0.15, 0.2) is 0 Å². The summed E-state index contributed by atoms with van der Waals surface area (Å²) in [5, 5.41) is 0.428. The van der Waals surface area contributed by atoms with Crippen molar-refractivity contribution in [3.63, 3.8) is 0 Å². The Balaban J connectivity index is 1.50. The molecule has 1 aromatic carbocycles. The number of nitrogens with one attached hydrogen (secondary N) is 1. The van der Waals surface area contributed by atoms with E-state index >= 15 is 0 Å². The predicted molar refractivity (Wildman–Crippen MR) is 141 cm³/mol. The SMILES string of the molecule is COC(=O)c1cccc(N(Cl)C(=O)c2cc3cnc(N4CCN(C(=O)OC(C)(C)C)CC4)nc3[nH]c2=O)c1. The third kappa shape index (κ3) is 5.86. The van der Waals surface area contributed by atoms with Gasteiger partial charge in [0.25, 0.3) is 11.5 Å². The smallest absolute Gasteiger partial charge is 0.410 e. The summed E-state index contributed by atoms with van der Waals surface area (Å²) in [6.45, 7) is 7.28. The first-order valence-corrected chi connectivity index (χ1v) is 12.1. The van der Waals surface area contributed by atoms with E-state index in [1.807, 2.05) is 25.7 Å². The summed E-state index contributed by atoms with van der Waals surface area (Å²) in [6, 6.07) is 7.31. The van der Waals surface area contributed by atoms with Gasteiger partial charge in [0.1, 0.15) is 16.8 Å². The van der Waals surface area contributed by atoms with Gasteiger partial charge in [0.2, 0.25) is 5.95 Å². The standard InChI is InChI=1S/C25H27ClN6O6/c1-25(2,3)38-24(36)31-10-8-30(9-11-31)23-27-14-16-13-18(20(33)28-19(16)29-23)21(34)32(26)17-7-5-6-15(12-17)22(35)37-4/h5-7,12-14H,8-11H2,1-4H3,(H,27,28,29,33). The van der Waals surface area contributed by atoms with Gasteiger partial charge < -0.3 is 24.3 Å². The van der Waals surface area contributed by atoms with E-state index in [1.165, 1.54) is 43.6 Å². The minimum absolute atomic E-state index is 0.191. The molecule has 1 fully saturated rings. The summed E-state index contributed by atoms with van der Waals surface area (Å²) in [6.07, 6.45) is 1.13. The molecule has 0 bridgehead atoms. The van der Waals surface area contributed by atoms with E-state index < -0.39 is 23.0 Å². The Morgan fingerprint density at radius 2 is 1.82 bits per heavy atom. The highest BCUT2D eigenvalue weighted by molar-refractivity contribution is 6.39. The summed E-state index contributed by atoms with van der Waals surface area (Å²) >= 11 is 6.23. The number of piperazine rings is 1. The predicted octanol–water partition coefficient (Wildman–Crippen LogP) is 2.96. The quantitative estimate of drug-likeness (QED) is 0.389. The Bertz CT molecular complexity index is 1440. The Labute approximate surface area is 223 Å². The zero-order valence-electron chi connectivity index (χ0n) is 21.4. The zero-order chi connectivity index (χ0) is 27.6.